The summed E-state index contributed by atoms with van der Waals surface area (Å²) in [6.07, 6.45) is 3.78. The van der Waals surface area contributed by atoms with Crippen LogP contribution in [0.5, 0.6) is 0 Å². The summed E-state index contributed by atoms with van der Waals surface area (Å²) in [6, 6.07) is 0. The Morgan fingerprint density at radius 3 is 2.56 bits per heavy atom. The van der Waals surface area contributed by atoms with Crippen LogP contribution >= 0.6 is 24.0 Å². The molecule has 2 rings (SSSR count). The van der Waals surface area contributed by atoms with Gasteiger partial charge in [-0.05, 0) is 38.1 Å². The SMILES string of the molecule is CCNC(=NCC1CCCOC1C(C)(C)C)NCCCN1CCOCC1.I. The van der Waals surface area contributed by atoms with E-state index in [1.807, 2.05) is 0 Å². The summed E-state index contributed by atoms with van der Waals surface area (Å²) in [5, 5.41) is 6.87. The van der Waals surface area contributed by atoms with Crippen LogP contribution in [0.4, 0.5) is 0 Å². The largest absolute Gasteiger partial charge is 0.379 e. The van der Waals surface area contributed by atoms with Crippen LogP contribution in [0.3, 0.4) is 0 Å². The van der Waals surface area contributed by atoms with Crippen molar-refractivity contribution in [2.24, 2.45) is 16.3 Å². The number of nitrogens with zero attached hydrogens (tertiary/aromatic N) is 2. The molecule has 2 atom stereocenters. The van der Waals surface area contributed by atoms with E-state index in [9.17, 15) is 0 Å². The summed E-state index contributed by atoms with van der Waals surface area (Å²) in [6.45, 7) is 17.5. The van der Waals surface area contributed by atoms with Crippen molar-refractivity contribution in [1.82, 2.24) is 15.5 Å². The van der Waals surface area contributed by atoms with Crippen LogP contribution < -0.4 is 10.6 Å². The van der Waals surface area contributed by atoms with E-state index in [0.717, 1.165) is 77.9 Å². The molecule has 0 aromatic carbocycles. The molecule has 6 nitrogen and oxygen atoms in total. The Labute approximate surface area is 183 Å². The Kier molecular flexibility index (Phi) is 12.2. The van der Waals surface area contributed by atoms with Crippen molar-refractivity contribution in [1.29, 1.82) is 0 Å². The maximum atomic E-state index is 6.09. The molecule has 2 saturated heterocycles. The molecule has 7 heteroatoms. The van der Waals surface area contributed by atoms with Gasteiger partial charge in [0.25, 0.3) is 0 Å². The zero-order chi connectivity index (χ0) is 18.8. The van der Waals surface area contributed by atoms with Crippen LogP contribution in [-0.4, -0.2) is 76.1 Å². The van der Waals surface area contributed by atoms with Gasteiger partial charge in [0.15, 0.2) is 5.96 Å². The second-order valence-electron chi connectivity index (χ2n) is 8.51. The summed E-state index contributed by atoms with van der Waals surface area (Å²) in [4.78, 5) is 7.34. The number of nitrogens with one attached hydrogen (secondary N) is 2. The second-order valence-corrected chi connectivity index (χ2v) is 8.51. The lowest BCUT2D eigenvalue weighted by Crippen LogP contribution is -2.43. The zero-order valence-electron chi connectivity index (χ0n) is 17.8. The molecule has 0 saturated carbocycles. The van der Waals surface area contributed by atoms with Crippen LogP contribution in [0.25, 0.3) is 0 Å². The number of aliphatic imine (C=N–C) groups is 1. The number of rotatable bonds is 7. The monoisotopic (exact) mass is 496 g/mol. The van der Waals surface area contributed by atoms with Crippen molar-refractivity contribution in [2.45, 2.75) is 53.1 Å². The zero-order valence-corrected chi connectivity index (χ0v) is 20.1. The smallest absolute Gasteiger partial charge is 0.191 e. The summed E-state index contributed by atoms with van der Waals surface area (Å²) in [5.74, 6) is 1.44. The quantitative estimate of drug-likeness (QED) is 0.246. The van der Waals surface area contributed by atoms with Crippen LogP contribution in [-0.2, 0) is 9.47 Å². The lowest BCUT2D eigenvalue weighted by Gasteiger charge is -2.39. The van der Waals surface area contributed by atoms with Gasteiger partial charge in [0.1, 0.15) is 0 Å². The summed E-state index contributed by atoms with van der Waals surface area (Å²) in [7, 11) is 0. The topological polar surface area (TPSA) is 58.1 Å². The van der Waals surface area contributed by atoms with Gasteiger partial charge in [-0.2, -0.15) is 0 Å². The maximum Gasteiger partial charge on any atom is 0.191 e. The highest BCUT2D eigenvalue weighted by Gasteiger charge is 2.35. The Morgan fingerprint density at radius 1 is 1.15 bits per heavy atom. The molecular weight excluding hydrogens is 455 g/mol. The minimum Gasteiger partial charge on any atom is -0.379 e. The van der Waals surface area contributed by atoms with Crippen molar-refractivity contribution < 1.29 is 9.47 Å². The Hall–Kier alpha value is -0.120. The van der Waals surface area contributed by atoms with Gasteiger partial charge >= 0.3 is 0 Å². The van der Waals surface area contributed by atoms with E-state index in [1.165, 1.54) is 6.42 Å². The van der Waals surface area contributed by atoms with Crippen molar-refractivity contribution in [3.8, 4) is 0 Å². The van der Waals surface area contributed by atoms with Crippen molar-refractivity contribution in [3.63, 3.8) is 0 Å². The van der Waals surface area contributed by atoms with Crippen LogP contribution in [0.2, 0.25) is 0 Å². The van der Waals surface area contributed by atoms with Crippen molar-refractivity contribution in [2.75, 3.05) is 59.1 Å². The molecule has 0 aromatic rings. The van der Waals surface area contributed by atoms with Crippen LogP contribution in [0.1, 0.15) is 47.0 Å². The van der Waals surface area contributed by atoms with Gasteiger partial charge in [-0.25, -0.2) is 0 Å². The molecule has 0 amide bonds. The normalized spacial score (nSPS) is 25.0. The summed E-state index contributed by atoms with van der Waals surface area (Å²) in [5.41, 5.74) is 0.171. The lowest BCUT2D eigenvalue weighted by molar-refractivity contribution is -0.0823. The minimum absolute atomic E-state index is 0. The molecule has 2 heterocycles. The first-order chi connectivity index (χ1) is 12.5. The molecule has 2 fully saturated rings. The second kappa shape index (κ2) is 13.2. The third-order valence-electron chi connectivity index (χ3n) is 5.17. The van der Waals surface area contributed by atoms with E-state index in [2.05, 4.69) is 43.2 Å². The van der Waals surface area contributed by atoms with Gasteiger partial charge in [0, 0.05) is 45.2 Å². The molecule has 0 aliphatic carbocycles. The molecule has 0 bridgehead atoms. The first-order valence-corrected chi connectivity index (χ1v) is 10.4. The van der Waals surface area contributed by atoms with Gasteiger partial charge in [0.05, 0.1) is 19.3 Å². The Bertz CT molecular complexity index is 423. The van der Waals surface area contributed by atoms with E-state index in [4.69, 9.17) is 14.5 Å². The number of hydrogen-bond acceptors (Lipinski definition) is 4. The van der Waals surface area contributed by atoms with E-state index in [-0.39, 0.29) is 29.4 Å². The molecule has 0 spiro atoms. The van der Waals surface area contributed by atoms with Crippen LogP contribution in [0, 0.1) is 11.3 Å². The number of guanidine groups is 1. The van der Waals surface area contributed by atoms with Gasteiger partial charge in [-0.1, -0.05) is 20.8 Å². The molecule has 160 valence electrons. The average molecular weight is 496 g/mol. The highest BCUT2D eigenvalue weighted by Crippen LogP contribution is 2.34. The predicted octanol–water partition coefficient (Wildman–Crippen LogP) is 2.72. The Balaban J connectivity index is 0.00000364. The standard InChI is InChI=1S/C20H40N4O2.HI/c1-5-21-19(22-9-7-10-24-11-14-25-15-12-24)23-16-17-8-6-13-26-18(17)20(2,3)4;/h17-18H,5-16H2,1-4H3,(H2,21,22,23);1H. The molecular formula is C20H41IN4O2. The number of halogens is 1. The van der Waals surface area contributed by atoms with E-state index < -0.39 is 0 Å². The number of hydrogen-bond donors (Lipinski definition) is 2. The molecule has 27 heavy (non-hydrogen) atoms. The number of morpholine rings is 1. The summed E-state index contributed by atoms with van der Waals surface area (Å²) >= 11 is 0. The first-order valence-electron chi connectivity index (χ1n) is 10.4. The maximum absolute atomic E-state index is 6.09. The van der Waals surface area contributed by atoms with E-state index in [1.54, 1.807) is 0 Å². The highest BCUT2D eigenvalue weighted by molar-refractivity contribution is 14.0. The van der Waals surface area contributed by atoms with Crippen LogP contribution in [0.15, 0.2) is 4.99 Å². The van der Waals surface area contributed by atoms with E-state index in [0.29, 0.717) is 12.0 Å². The van der Waals surface area contributed by atoms with Crippen molar-refractivity contribution in [3.05, 3.63) is 0 Å². The third kappa shape index (κ3) is 9.28. The number of ether oxygens (including phenoxy) is 2. The summed E-state index contributed by atoms with van der Waals surface area (Å²) < 4.78 is 11.5. The van der Waals surface area contributed by atoms with Gasteiger partial charge < -0.3 is 20.1 Å². The molecule has 0 aromatic heterocycles. The molecule has 2 N–H and O–H groups in total. The fraction of sp³-hybridized carbons (Fsp3) is 0.950. The Morgan fingerprint density at radius 2 is 1.89 bits per heavy atom. The van der Waals surface area contributed by atoms with Gasteiger partial charge in [-0.15, -0.1) is 24.0 Å². The van der Waals surface area contributed by atoms with Crippen molar-refractivity contribution >= 4 is 29.9 Å². The van der Waals surface area contributed by atoms with Gasteiger partial charge in [0.2, 0.25) is 0 Å². The fourth-order valence-corrected chi connectivity index (χ4v) is 3.87. The first kappa shape index (κ1) is 24.9. The highest BCUT2D eigenvalue weighted by atomic mass is 127. The molecule has 2 aliphatic rings. The fourth-order valence-electron chi connectivity index (χ4n) is 3.87. The van der Waals surface area contributed by atoms with Gasteiger partial charge in [-0.3, -0.25) is 9.89 Å². The third-order valence-corrected chi connectivity index (χ3v) is 5.17. The molecule has 0 radical (unpaired) electrons. The average Bonchev–Trinajstić information content (AvgIpc) is 2.63. The predicted molar refractivity (Wildman–Crippen MR) is 123 cm³/mol. The lowest BCUT2D eigenvalue weighted by atomic mass is 9.78. The van der Waals surface area contributed by atoms with E-state index >= 15 is 0 Å². The minimum atomic E-state index is 0. The molecule has 2 aliphatic heterocycles. The molecule has 2 unspecified atom stereocenters.